The van der Waals surface area contributed by atoms with E-state index in [1.165, 1.54) is 40.4 Å². The molecule has 10 atom stereocenters. The molecule has 2 heterocycles. The van der Waals surface area contributed by atoms with Crippen molar-refractivity contribution >= 4 is 66.6 Å². The van der Waals surface area contributed by atoms with Crippen LogP contribution in [0.5, 0.6) is 5.75 Å². The fourth-order valence-electron chi connectivity index (χ4n) is 11.4. The lowest BCUT2D eigenvalue weighted by Crippen LogP contribution is -2.57. The Labute approximate surface area is 516 Å². The first-order valence-electron chi connectivity index (χ1n) is 30.5. The molecule has 19 heteroatoms. The zero-order valence-electron chi connectivity index (χ0n) is 53.7. The lowest BCUT2D eigenvalue weighted by molar-refractivity contribution is -0.161. The van der Waals surface area contributed by atoms with Crippen LogP contribution in [0.2, 0.25) is 25.7 Å². The molecular weight excluding hydrogens is 1130 g/mol. The third kappa shape index (κ3) is 18.1. The van der Waals surface area contributed by atoms with Crippen molar-refractivity contribution in [3.8, 4) is 16.9 Å². The molecule has 4 amide bonds. The van der Waals surface area contributed by atoms with Gasteiger partial charge in [0.1, 0.15) is 48.7 Å². The average molecular weight is 1220 g/mol. The van der Waals surface area contributed by atoms with Crippen molar-refractivity contribution in [2.24, 2.45) is 28.2 Å². The maximum Gasteiger partial charge on any atom is 0.410 e. The fraction of sp³-hybridized carbons (Fsp3) is 0.582. The minimum absolute atomic E-state index is 0.0844. The number of rotatable bonds is 27. The predicted molar refractivity (Wildman–Crippen MR) is 341 cm³/mol. The number of fused-ring (bicyclic) bond motifs is 3. The van der Waals surface area contributed by atoms with Gasteiger partial charge in [-0.1, -0.05) is 141 Å². The summed E-state index contributed by atoms with van der Waals surface area (Å²) in [6, 6.07) is 20.2. The Balaban J connectivity index is 1.09. The third-order valence-electron chi connectivity index (χ3n) is 17.1. The van der Waals surface area contributed by atoms with Crippen LogP contribution in [0.15, 0.2) is 89.4 Å². The molecule has 1 N–H and O–H groups in total. The minimum Gasteiger partial charge on any atom is -0.497 e. The zero-order chi connectivity index (χ0) is 63.4. The monoisotopic (exact) mass is 1220 g/mol. The van der Waals surface area contributed by atoms with Gasteiger partial charge in [-0.15, -0.1) is 11.8 Å². The molecule has 3 aliphatic rings. The van der Waals surface area contributed by atoms with Crippen LogP contribution in [0.1, 0.15) is 124 Å². The van der Waals surface area contributed by atoms with Gasteiger partial charge in [-0.05, 0) is 103 Å². The first-order chi connectivity index (χ1) is 40.5. The topological polar surface area (TPSA) is 200 Å². The fourth-order valence-corrected chi connectivity index (χ4v) is 13.3. The van der Waals surface area contributed by atoms with Gasteiger partial charge in [0.05, 0.1) is 24.8 Å². The first kappa shape index (κ1) is 68.6. The number of nitrogens with one attached hydrogen (secondary N) is 1. The standard InChI is InChI=1S/C67H95N5O12SSi/c1-17-42(3)59(65(78)81-33-34-86(14,15)16)71(12)62(75)45(6)70(11)63(76)55(38-47-28-30-49(80-13)31-29-47)69-60(74)43(4)37-48-40-85-61(68-48)44(5)57(83-46(7)73)35-41(2)36-58(67(8,9)10)84-64(77)56-27-22-32-72(56)66(79)82-39-54-52-25-20-18-23-50(52)51-24-19-21-26-53(51)54/h18-21,23-26,28-31,37,41-42,44-45,48,54-59H,17,22,27,32-36,38-40H2,1-16H3,(H,69,74)/b43-37+/t41-,42-,44-,45-,48-,55-,56-,57-,58-,59-/m0/s1. The van der Waals surface area contributed by atoms with E-state index in [0.717, 1.165) is 38.9 Å². The zero-order valence-corrected chi connectivity index (χ0v) is 55.5. The number of aliphatic imine (C=N–C) groups is 1. The van der Waals surface area contributed by atoms with E-state index in [4.69, 9.17) is 28.7 Å². The third-order valence-corrected chi connectivity index (χ3v) is 20.1. The van der Waals surface area contributed by atoms with Crippen molar-refractivity contribution in [2.45, 2.75) is 182 Å². The van der Waals surface area contributed by atoms with Crippen LogP contribution in [0.25, 0.3) is 11.1 Å². The average Bonchev–Trinajstić information content (AvgIpc) is 2.38. The van der Waals surface area contributed by atoms with E-state index in [1.54, 1.807) is 46.2 Å². The molecule has 0 saturated carbocycles. The van der Waals surface area contributed by atoms with Gasteiger partial charge in [0.2, 0.25) is 17.7 Å². The maximum absolute atomic E-state index is 14.6. The van der Waals surface area contributed by atoms with Crippen molar-refractivity contribution in [1.82, 2.24) is 20.0 Å². The van der Waals surface area contributed by atoms with E-state index in [1.807, 2.05) is 84.9 Å². The number of carbonyl (C=O) groups is 7. The molecule has 3 aromatic rings. The first-order valence-corrected chi connectivity index (χ1v) is 35.2. The highest BCUT2D eigenvalue weighted by atomic mass is 32.2. The number of likely N-dealkylation sites (tertiary alicyclic amines) is 1. The smallest absolute Gasteiger partial charge is 0.410 e. The molecule has 1 saturated heterocycles. The summed E-state index contributed by atoms with van der Waals surface area (Å²) in [4.78, 5) is 106. The molecule has 1 aliphatic carbocycles. The number of ether oxygens (including phenoxy) is 5. The molecule has 0 bridgehead atoms. The number of methoxy groups -OCH3 is 1. The molecule has 0 unspecified atom stereocenters. The van der Waals surface area contributed by atoms with Crippen LogP contribution >= 0.6 is 11.8 Å². The van der Waals surface area contributed by atoms with E-state index in [2.05, 4.69) is 49.2 Å². The number of thioether (sulfide) groups is 1. The van der Waals surface area contributed by atoms with Gasteiger partial charge >= 0.3 is 24.0 Å². The van der Waals surface area contributed by atoms with Crippen LogP contribution in [0, 0.1) is 23.2 Å². The molecule has 0 spiro atoms. The molecule has 2 aliphatic heterocycles. The van der Waals surface area contributed by atoms with Gasteiger partial charge in [0, 0.05) is 65.2 Å². The maximum atomic E-state index is 14.6. The predicted octanol–water partition coefficient (Wildman–Crippen LogP) is 11.1. The Morgan fingerprint density at radius 2 is 1.47 bits per heavy atom. The SMILES string of the molecule is CC[C@H](C)[C@@H](C(=O)OCC[Si](C)(C)C)N(C)C(=O)[C@H](C)N(C)C(=O)[C@H](Cc1ccc(OC)cc1)NC(=O)/C(C)=C/[C@H]1CSC([C@@H](C)[C@H](C[C@H](C)C[C@H](OC(=O)[C@@H]2CCCN2C(=O)OCC2c3ccccc3-c3ccccc32)C(C)(C)C)OC(C)=O)=N1. The number of esters is 3. The highest BCUT2D eigenvalue weighted by Crippen LogP contribution is 2.45. The molecule has 6 rings (SSSR count). The largest absolute Gasteiger partial charge is 0.497 e. The summed E-state index contributed by atoms with van der Waals surface area (Å²) in [7, 11) is 3.16. The number of hydrogen-bond acceptors (Lipinski definition) is 14. The molecule has 470 valence electrons. The van der Waals surface area contributed by atoms with E-state index < -0.39 is 97.6 Å². The second kappa shape index (κ2) is 30.4. The number of carbonyl (C=O) groups excluding carboxylic acids is 7. The summed E-state index contributed by atoms with van der Waals surface area (Å²) < 4.78 is 29.4. The van der Waals surface area contributed by atoms with Crippen LogP contribution in [0.3, 0.4) is 0 Å². The Kier molecular flexibility index (Phi) is 24.3. The number of amides is 4. The summed E-state index contributed by atoms with van der Waals surface area (Å²) >= 11 is 1.53. The summed E-state index contributed by atoms with van der Waals surface area (Å²) in [6.07, 6.45) is 2.88. The lowest BCUT2D eigenvalue weighted by Gasteiger charge is -2.35. The molecule has 3 aromatic carbocycles. The van der Waals surface area contributed by atoms with E-state index in [-0.39, 0.29) is 43.3 Å². The van der Waals surface area contributed by atoms with Gasteiger partial charge in [-0.2, -0.15) is 0 Å². The highest BCUT2D eigenvalue weighted by Gasteiger charge is 2.42. The second-order valence-corrected chi connectivity index (χ2v) is 32.8. The van der Waals surface area contributed by atoms with Gasteiger partial charge in [-0.25, -0.2) is 14.4 Å². The van der Waals surface area contributed by atoms with Gasteiger partial charge in [0.25, 0.3) is 0 Å². The Hall–Kier alpha value is -6.47. The summed E-state index contributed by atoms with van der Waals surface area (Å²) in [5.74, 6) is -2.38. The van der Waals surface area contributed by atoms with E-state index >= 15 is 0 Å². The number of hydrogen-bond donors (Lipinski definition) is 1. The second-order valence-electron chi connectivity index (χ2n) is 26.1. The van der Waals surface area contributed by atoms with E-state index in [0.29, 0.717) is 55.7 Å². The summed E-state index contributed by atoms with van der Waals surface area (Å²) in [6.45, 7) is 26.0. The van der Waals surface area contributed by atoms with E-state index in [9.17, 15) is 33.6 Å². The lowest BCUT2D eigenvalue weighted by atomic mass is 9.81. The molecule has 17 nitrogen and oxygen atoms in total. The highest BCUT2D eigenvalue weighted by molar-refractivity contribution is 8.14. The Morgan fingerprint density at radius 3 is 2.05 bits per heavy atom. The minimum atomic E-state index is -1.49. The van der Waals surface area contributed by atoms with Crippen LogP contribution < -0.4 is 10.1 Å². The summed E-state index contributed by atoms with van der Waals surface area (Å²) in [5, 5.41) is 3.72. The quantitative estimate of drug-likeness (QED) is 0.0327. The van der Waals surface area contributed by atoms with Crippen LogP contribution in [0.4, 0.5) is 4.79 Å². The normalized spacial score (nSPS) is 18.8. The van der Waals surface area contributed by atoms with Crippen molar-refractivity contribution in [3.05, 3.63) is 101 Å². The van der Waals surface area contributed by atoms with Crippen molar-refractivity contribution in [1.29, 1.82) is 0 Å². The number of likely N-dealkylation sites (N-methyl/N-ethyl adjacent to an activating group) is 2. The molecule has 1 fully saturated rings. The van der Waals surface area contributed by atoms with Crippen molar-refractivity contribution < 1.29 is 57.2 Å². The Morgan fingerprint density at radius 1 is 0.837 bits per heavy atom. The van der Waals surface area contributed by atoms with Gasteiger partial charge in [0.15, 0.2) is 0 Å². The molecular formula is C67H95N5O12SSi. The van der Waals surface area contributed by atoms with Gasteiger partial charge in [-0.3, -0.25) is 29.1 Å². The number of nitrogens with zero attached hydrogens (tertiary/aromatic N) is 4. The molecule has 86 heavy (non-hydrogen) atoms. The van der Waals surface area contributed by atoms with Crippen LogP contribution in [-0.4, -0.2) is 159 Å². The number of benzene rings is 3. The van der Waals surface area contributed by atoms with Crippen LogP contribution in [-0.2, 0) is 54.1 Å². The molecule has 0 aromatic heterocycles. The van der Waals surface area contributed by atoms with Gasteiger partial charge < -0.3 is 38.8 Å². The van der Waals surface area contributed by atoms with Crippen molar-refractivity contribution in [2.75, 3.05) is 46.7 Å². The molecule has 0 radical (unpaired) electrons. The Bertz CT molecular complexity index is 2890. The summed E-state index contributed by atoms with van der Waals surface area (Å²) in [5.41, 5.74) is 5.10. The van der Waals surface area contributed by atoms with Crippen molar-refractivity contribution in [3.63, 3.8) is 0 Å².